The molecule has 5 amide bonds. The lowest BCUT2D eigenvalue weighted by atomic mass is 10.1. The molecule has 0 unspecified atom stereocenters. The molecule has 14 nitrogen and oxygen atoms in total. The van der Waals surface area contributed by atoms with E-state index in [1.54, 1.807) is 0 Å². The van der Waals surface area contributed by atoms with E-state index in [1.807, 2.05) is 0 Å². The zero-order valence-corrected chi connectivity index (χ0v) is 43.5. The summed E-state index contributed by atoms with van der Waals surface area (Å²) < 4.78 is 0. The molecule has 0 rings (SSSR count). The summed E-state index contributed by atoms with van der Waals surface area (Å²) >= 11 is 0. The molecule has 0 aliphatic rings. The molecule has 15 heteroatoms. The van der Waals surface area contributed by atoms with E-state index in [0.717, 1.165) is 37.4 Å². The Balaban J connectivity index is 3.74. The summed E-state index contributed by atoms with van der Waals surface area (Å²) in [6.45, 7) is 9.31. The van der Waals surface area contributed by atoms with Gasteiger partial charge in [-0.3, -0.25) is 39.6 Å². The van der Waals surface area contributed by atoms with Gasteiger partial charge in [0, 0.05) is 65.3 Å². The Hall–Kier alpha value is -2.38. The molecule has 388 valence electrons. The zero-order valence-electron chi connectivity index (χ0n) is 42.6. The summed E-state index contributed by atoms with van der Waals surface area (Å²) in [7, 11) is 0.261. The standard InChI is InChI=1S/C51H101N6O8P/c1-4-6-8-10-17-30-44-66(45-31-18-11-9-7-5-2)46-32-19-15-13-12-14-16-23-37-52-38-24-20-28-42-56(64)50(61)35-33-49(60)54-40-26-22-29-43-57(65)51(62)36-34-48(59)53-39-25-21-27-41-55(63)47(3)58/h52,63-65H,4-46H2,1-3H3,(H,53,59)(H,54,60). The second-order valence-electron chi connectivity index (χ2n) is 18.5. The van der Waals surface area contributed by atoms with Crippen molar-refractivity contribution in [1.29, 1.82) is 0 Å². The van der Waals surface area contributed by atoms with E-state index in [2.05, 4.69) is 29.8 Å². The predicted octanol–water partition coefficient (Wildman–Crippen LogP) is 10.9. The molecule has 0 aromatic heterocycles. The predicted molar refractivity (Wildman–Crippen MR) is 270 cm³/mol. The van der Waals surface area contributed by atoms with Gasteiger partial charge in [0.2, 0.25) is 29.5 Å². The molecule has 0 saturated heterocycles. The van der Waals surface area contributed by atoms with Crippen LogP contribution in [0.2, 0.25) is 0 Å². The molecule has 0 bridgehead atoms. The maximum Gasteiger partial charge on any atom is 0.246 e. The number of rotatable bonds is 49. The third-order valence-corrected chi connectivity index (χ3v) is 15.1. The fraction of sp³-hybridized carbons (Fsp3) is 0.902. The maximum absolute atomic E-state index is 12.3. The third-order valence-electron chi connectivity index (χ3n) is 12.3. The average Bonchev–Trinajstić information content (AvgIpc) is 3.30. The second-order valence-corrected chi connectivity index (χ2v) is 21.2. The Bertz CT molecular complexity index is 1170. The van der Waals surface area contributed by atoms with E-state index < -0.39 is 17.7 Å². The van der Waals surface area contributed by atoms with Crippen molar-refractivity contribution in [2.45, 2.75) is 233 Å². The van der Waals surface area contributed by atoms with Crippen molar-refractivity contribution in [3.8, 4) is 0 Å². The van der Waals surface area contributed by atoms with Crippen LogP contribution in [0.15, 0.2) is 0 Å². The fourth-order valence-corrected chi connectivity index (χ4v) is 10.6. The average molecular weight is 957 g/mol. The minimum absolute atomic E-state index is 0.00430. The first-order valence-electron chi connectivity index (χ1n) is 26.9. The minimum Gasteiger partial charge on any atom is -0.356 e. The Morgan fingerprint density at radius 1 is 0.379 bits per heavy atom. The lowest BCUT2D eigenvalue weighted by Crippen LogP contribution is -2.31. The monoisotopic (exact) mass is 957 g/mol. The normalized spacial score (nSPS) is 11.3. The van der Waals surface area contributed by atoms with Crippen LogP contribution in [0, 0.1) is 0 Å². The summed E-state index contributed by atoms with van der Waals surface area (Å²) in [4.78, 5) is 59.6. The van der Waals surface area contributed by atoms with Crippen molar-refractivity contribution < 1.29 is 39.6 Å². The van der Waals surface area contributed by atoms with E-state index in [9.17, 15) is 39.6 Å². The highest BCUT2D eigenvalue weighted by Gasteiger charge is 2.15. The molecular formula is C51H101N6O8P. The van der Waals surface area contributed by atoms with Crippen molar-refractivity contribution in [3.63, 3.8) is 0 Å². The molecule has 0 radical (unpaired) electrons. The molecular weight excluding hydrogens is 856 g/mol. The molecule has 0 heterocycles. The summed E-state index contributed by atoms with van der Waals surface area (Å²) in [6.07, 6.45) is 38.7. The van der Waals surface area contributed by atoms with Crippen LogP contribution in [0.5, 0.6) is 0 Å². The topological polar surface area (TPSA) is 192 Å². The minimum atomic E-state index is -0.539. The molecule has 0 fully saturated rings. The highest BCUT2D eigenvalue weighted by Crippen LogP contribution is 2.39. The summed E-state index contributed by atoms with van der Waals surface area (Å²) in [5.74, 6) is -1.97. The molecule has 0 aliphatic carbocycles. The van der Waals surface area contributed by atoms with Crippen LogP contribution < -0.4 is 16.0 Å². The quantitative estimate of drug-likeness (QED) is 0.0149. The summed E-state index contributed by atoms with van der Waals surface area (Å²) in [6, 6.07) is 0. The van der Waals surface area contributed by atoms with Crippen LogP contribution in [-0.4, -0.2) is 125 Å². The molecule has 0 saturated carbocycles. The number of hydroxylamine groups is 6. The van der Waals surface area contributed by atoms with Gasteiger partial charge in [-0.25, -0.2) is 15.2 Å². The van der Waals surface area contributed by atoms with Gasteiger partial charge < -0.3 is 16.0 Å². The Labute approximate surface area is 403 Å². The van der Waals surface area contributed by atoms with Gasteiger partial charge in [-0.1, -0.05) is 123 Å². The van der Waals surface area contributed by atoms with Crippen LogP contribution in [-0.2, 0) is 24.0 Å². The van der Waals surface area contributed by atoms with Crippen LogP contribution in [0.3, 0.4) is 0 Å². The summed E-state index contributed by atoms with van der Waals surface area (Å²) in [5, 5.41) is 40.5. The molecule has 0 aromatic rings. The number of nitrogens with one attached hydrogen (secondary N) is 3. The van der Waals surface area contributed by atoms with Crippen molar-refractivity contribution in [2.24, 2.45) is 0 Å². The largest absolute Gasteiger partial charge is 0.356 e. The van der Waals surface area contributed by atoms with Gasteiger partial charge in [0.1, 0.15) is 0 Å². The maximum atomic E-state index is 12.3. The SMILES string of the molecule is CCCCCCCCP(CCCCCCCC)CCCCCCCCCCNCCCCCN(O)C(=O)CCC(=O)NCCCCCN(O)C(=O)CCC(=O)NCCCCCN(O)C(C)=O. The number of amides is 5. The van der Waals surface area contributed by atoms with Crippen molar-refractivity contribution >= 4 is 37.5 Å². The number of hydrogen-bond donors (Lipinski definition) is 6. The number of hydrogen-bond acceptors (Lipinski definition) is 9. The molecule has 0 aliphatic heterocycles. The molecule has 6 N–H and O–H groups in total. The highest BCUT2D eigenvalue weighted by molar-refractivity contribution is 7.57. The van der Waals surface area contributed by atoms with Crippen LogP contribution in [0.25, 0.3) is 0 Å². The number of carbonyl (C=O) groups is 5. The third kappa shape index (κ3) is 42.9. The van der Waals surface area contributed by atoms with Crippen molar-refractivity contribution in [2.75, 3.05) is 64.3 Å². The van der Waals surface area contributed by atoms with Gasteiger partial charge in [-0.2, -0.15) is 0 Å². The smallest absolute Gasteiger partial charge is 0.246 e. The van der Waals surface area contributed by atoms with Crippen LogP contribution in [0.1, 0.15) is 233 Å². The molecule has 0 aromatic carbocycles. The highest BCUT2D eigenvalue weighted by atomic mass is 31.1. The van der Waals surface area contributed by atoms with Gasteiger partial charge in [-0.15, -0.1) is 7.92 Å². The molecule has 66 heavy (non-hydrogen) atoms. The van der Waals surface area contributed by atoms with E-state index in [0.29, 0.717) is 61.7 Å². The van der Waals surface area contributed by atoms with E-state index in [1.165, 1.54) is 154 Å². The lowest BCUT2D eigenvalue weighted by Gasteiger charge is -2.18. The van der Waals surface area contributed by atoms with Crippen molar-refractivity contribution in [1.82, 2.24) is 31.1 Å². The number of unbranched alkanes of at least 4 members (excludes halogenated alkanes) is 23. The van der Waals surface area contributed by atoms with E-state index in [-0.39, 0.29) is 65.1 Å². The van der Waals surface area contributed by atoms with Crippen LogP contribution in [0.4, 0.5) is 0 Å². The Morgan fingerprint density at radius 2 is 0.682 bits per heavy atom. The number of nitrogens with zero attached hydrogens (tertiary/aromatic N) is 3. The van der Waals surface area contributed by atoms with Gasteiger partial charge in [0.05, 0.1) is 0 Å². The van der Waals surface area contributed by atoms with Gasteiger partial charge >= 0.3 is 0 Å². The van der Waals surface area contributed by atoms with Gasteiger partial charge in [-0.05, 0) is 109 Å². The molecule has 0 spiro atoms. The number of carbonyl (C=O) groups excluding carboxylic acids is 5. The first-order valence-corrected chi connectivity index (χ1v) is 28.8. The Morgan fingerprint density at radius 3 is 1.05 bits per heavy atom. The lowest BCUT2D eigenvalue weighted by molar-refractivity contribution is -0.166. The molecule has 0 atom stereocenters. The van der Waals surface area contributed by atoms with E-state index >= 15 is 0 Å². The van der Waals surface area contributed by atoms with Gasteiger partial charge in [0.25, 0.3) is 0 Å². The van der Waals surface area contributed by atoms with E-state index in [4.69, 9.17) is 0 Å². The Kier molecular flexibility index (Phi) is 46.0. The fourth-order valence-electron chi connectivity index (χ4n) is 7.89. The van der Waals surface area contributed by atoms with Gasteiger partial charge in [0.15, 0.2) is 0 Å². The summed E-state index contributed by atoms with van der Waals surface area (Å²) in [5.41, 5.74) is 0. The second kappa shape index (κ2) is 47.7. The first kappa shape index (κ1) is 63.6. The van der Waals surface area contributed by atoms with Crippen molar-refractivity contribution in [3.05, 3.63) is 0 Å². The zero-order chi connectivity index (χ0) is 48.7. The van der Waals surface area contributed by atoms with Crippen LogP contribution >= 0.6 is 7.92 Å². The first-order chi connectivity index (χ1) is 32.0.